The van der Waals surface area contributed by atoms with Gasteiger partial charge in [-0.15, -0.1) is 0 Å². The van der Waals surface area contributed by atoms with Gasteiger partial charge in [-0.2, -0.15) is 0 Å². The van der Waals surface area contributed by atoms with Gasteiger partial charge < -0.3 is 4.84 Å². The molecule has 0 N–H and O–H groups in total. The third-order valence-electron chi connectivity index (χ3n) is 2.89. The van der Waals surface area contributed by atoms with Crippen molar-refractivity contribution in [2.75, 3.05) is 0 Å². The summed E-state index contributed by atoms with van der Waals surface area (Å²) in [4.78, 5) is 27.9. The Kier molecular flexibility index (Phi) is 4.25. The highest BCUT2D eigenvalue weighted by atomic mass is 16.7. The van der Waals surface area contributed by atoms with Crippen molar-refractivity contribution >= 4 is 17.5 Å². The Labute approximate surface area is 117 Å². The molecule has 0 saturated heterocycles. The lowest BCUT2D eigenvalue weighted by Crippen LogP contribution is -2.13. The van der Waals surface area contributed by atoms with Crippen LogP contribution in [0.15, 0.2) is 58.8 Å². The number of allylic oxidation sites excluding steroid dienone is 4. The summed E-state index contributed by atoms with van der Waals surface area (Å²) >= 11 is 0. The summed E-state index contributed by atoms with van der Waals surface area (Å²) in [6, 6.07) is 9.31. The number of carbonyl (C=O) groups is 2. The highest BCUT2D eigenvalue weighted by Crippen LogP contribution is 2.14. The molecule has 0 radical (unpaired) electrons. The van der Waals surface area contributed by atoms with Crippen LogP contribution in [-0.2, 0) is 20.8 Å². The van der Waals surface area contributed by atoms with E-state index in [1.54, 1.807) is 13.8 Å². The molecule has 102 valence electrons. The second kappa shape index (κ2) is 6.10. The van der Waals surface area contributed by atoms with E-state index in [9.17, 15) is 9.59 Å². The average molecular weight is 269 g/mol. The van der Waals surface area contributed by atoms with E-state index < -0.39 is 5.97 Å². The second-order valence-electron chi connectivity index (χ2n) is 4.62. The second-order valence-corrected chi connectivity index (χ2v) is 4.62. The first kappa shape index (κ1) is 13.9. The van der Waals surface area contributed by atoms with Gasteiger partial charge in [0.05, 0.1) is 6.42 Å². The van der Waals surface area contributed by atoms with Crippen LogP contribution in [0.3, 0.4) is 0 Å². The minimum absolute atomic E-state index is 0.0745. The summed E-state index contributed by atoms with van der Waals surface area (Å²) in [6.45, 7) is 3.52. The van der Waals surface area contributed by atoms with Gasteiger partial charge in [0.1, 0.15) is 5.71 Å². The van der Waals surface area contributed by atoms with Gasteiger partial charge in [-0.05, 0) is 42.7 Å². The van der Waals surface area contributed by atoms with E-state index in [-0.39, 0.29) is 12.2 Å². The summed E-state index contributed by atoms with van der Waals surface area (Å²) in [5.74, 6) is -0.504. The molecule has 0 aliphatic heterocycles. The van der Waals surface area contributed by atoms with Crippen molar-refractivity contribution in [2.45, 2.75) is 20.3 Å². The molecule has 1 aromatic carbocycles. The maximum Gasteiger partial charge on any atom is 0.339 e. The average Bonchev–Trinajstić information content (AvgIpc) is 2.38. The van der Waals surface area contributed by atoms with Crippen molar-refractivity contribution in [3.63, 3.8) is 0 Å². The molecule has 1 aliphatic rings. The van der Waals surface area contributed by atoms with Crippen LogP contribution in [0, 0.1) is 0 Å². The zero-order valence-electron chi connectivity index (χ0n) is 11.4. The molecule has 1 aliphatic carbocycles. The molecule has 4 heteroatoms. The largest absolute Gasteiger partial charge is 0.339 e. The molecule has 0 heterocycles. The Morgan fingerprint density at radius 2 is 1.70 bits per heavy atom. The minimum Gasteiger partial charge on any atom is -0.317 e. The minimum atomic E-state index is -0.429. The SMILES string of the molecule is CC1=CC(=O)C=C(C)C1=NOC(=O)Cc1ccccc1. The van der Waals surface area contributed by atoms with Crippen molar-refractivity contribution < 1.29 is 14.4 Å². The fourth-order valence-electron chi connectivity index (χ4n) is 1.95. The van der Waals surface area contributed by atoms with E-state index in [0.29, 0.717) is 16.9 Å². The van der Waals surface area contributed by atoms with Crippen molar-refractivity contribution in [1.82, 2.24) is 0 Å². The maximum absolute atomic E-state index is 11.7. The van der Waals surface area contributed by atoms with Crippen molar-refractivity contribution in [1.29, 1.82) is 0 Å². The van der Waals surface area contributed by atoms with Crippen LogP contribution in [0.5, 0.6) is 0 Å². The van der Waals surface area contributed by atoms with Gasteiger partial charge in [0.15, 0.2) is 5.78 Å². The predicted molar refractivity (Wildman–Crippen MR) is 76.2 cm³/mol. The Balaban J connectivity index is 2.02. The number of benzene rings is 1. The third kappa shape index (κ3) is 3.51. The monoisotopic (exact) mass is 269 g/mol. The molecule has 1 aromatic rings. The molecular weight excluding hydrogens is 254 g/mol. The maximum atomic E-state index is 11.7. The van der Waals surface area contributed by atoms with E-state index in [1.807, 2.05) is 30.3 Å². The Bertz CT molecular complexity index is 600. The quantitative estimate of drug-likeness (QED) is 0.481. The first-order valence-electron chi connectivity index (χ1n) is 6.29. The fraction of sp³-hybridized carbons (Fsp3) is 0.188. The molecule has 0 aromatic heterocycles. The summed E-state index contributed by atoms with van der Waals surface area (Å²) in [5, 5.41) is 3.85. The number of ketones is 1. The summed E-state index contributed by atoms with van der Waals surface area (Å²) in [7, 11) is 0. The van der Waals surface area contributed by atoms with Crippen molar-refractivity contribution in [3.8, 4) is 0 Å². The molecule has 2 rings (SSSR count). The first-order chi connectivity index (χ1) is 9.56. The first-order valence-corrected chi connectivity index (χ1v) is 6.29. The van der Waals surface area contributed by atoms with Gasteiger partial charge in [0.2, 0.25) is 0 Å². The normalized spacial score (nSPS) is 14.5. The molecule has 0 amide bonds. The lowest BCUT2D eigenvalue weighted by Gasteiger charge is -2.10. The lowest BCUT2D eigenvalue weighted by atomic mass is 9.98. The third-order valence-corrected chi connectivity index (χ3v) is 2.89. The van der Waals surface area contributed by atoms with Crippen molar-refractivity contribution in [2.24, 2.45) is 5.16 Å². The number of hydrogen-bond acceptors (Lipinski definition) is 4. The topological polar surface area (TPSA) is 55.7 Å². The number of oxime groups is 1. The van der Waals surface area contributed by atoms with Crippen LogP contribution >= 0.6 is 0 Å². The zero-order chi connectivity index (χ0) is 14.5. The van der Waals surface area contributed by atoms with Gasteiger partial charge in [-0.25, -0.2) is 4.79 Å². The van der Waals surface area contributed by atoms with E-state index in [1.165, 1.54) is 12.2 Å². The van der Waals surface area contributed by atoms with Crippen LogP contribution in [0.25, 0.3) is 0 Å². The molecule has 0 fully saturated rings. The zero-order valence-corrected chi connectivity index (χ0v) is 11.4. The van der Waals surface area contributed by atoms with Gasteiger partial charge in [-0.1, -0.05) is 35.5 Å². The highest BCUT2D eigenvalue weighted by molar-refractivity contribution is 6.22. The lowest BCUT2D eigenvalue weighted by molar-refractivity contribution is -0.142. The molecule has 4 nitrogen and oxygen atoms in total. The molecule has 0 bridgehead atoms. The molecule has 0 atom stereocenters. The van der Waals surface area contributed by atoms with Gasteiger partial charge >= 0.3 is 5.97 Å². The molecule has 0 unspecified atom stereocenters. The molecule has 20 heavy (non-hydrogen) atoms. The van der Waals surface area contributed by atoms with Gasteiger partial charge in [-0.3, -0.25) is 4.79 Å². The predicted octanol–water partition coefficient (Wildman–Crippen LogP) is 2.60. The Morgan fingerprint density at radius 3 is 2.30 bits per heavy atom. The van der Waals surface area contributed by atoms with Gasteiger partial charge in [0.25, 0.3) is 0 Å². The van der Waals surface area contributed by atoms with Crippen LogP contribution in [-0.4, -0.2) is 17.5 Å². The van der Waals surface area contributed by atoms with Gasteiger partial charge in [0, 0.05) is 0 Å². The number of hydrogen-bond donors (Lipinski definition) is 0. The standard InChI is InChI=1S/C16H15NO3/c1-11-8-14(18)9-12(2)16(11)17-20-15(19)10-13-6-4-3-5-7-13/h3-9H,10H2,1-2H3. The van der Waals surface area contributed by atoms with E-state index in [0.717, 1.165) is 5.56 Å². The van der Waals surface area contributed by atoms with Crippen LogP contribution < -0.4 is 0 Å². The number of carbonyl (C=O) groups excluding carboxylic acids is 2. The Morgan fingerprint density at radius 1 is 1.10 bits per heavy atom. The van der Waals surface area contributed by atoms with Crippen LogP contribution in [0.1, 0.15) is 19.4 Å². The molecule has 0 saturated carbocycles. The molecule has 0 spiro atoms. The van der Waals surface area contributed by atoms with Crippen molar-refractivity contribution in [3.05, 3.63) is 59.2 Å². The summed E-state index contributed by atoms with van der Waals surface area (Å²) < 4.78 is 0. The Hall–Kier alpha value is -2.49. The highest BCUT2D eigenvalue weighted by Gasteiger charge is 2.15. The fourth-order valence-corrected chi connectivity index (χ4v) is 1.95. The summed E-state index contributed by atoms with van der Waals surface area (Å²) in [6.07, 6.45) is 3.11. The molecular formula is C16H15NO3. The number of nitrogens with zero attached hydrogens (tertiary/aromatic N) is 1. The van der Waals surface area contributed by atoms with E-state index >= 15 is 0 Å². The smallest absolute Gasteiger partial charge is 0.317 e. The van der Waals surface area contributed by atoms with E-state index in [2.05, 4.69) is 5.16 Å². The van der Waals surface area contributed by atoms with E-state index in [4.69, 9.17) is 4.84 Å². The summed E-state index contributed by atoms with van der Waals surface area (Å²) in [5.41, 5.74) is 2.80. The van der Waals surface area contributed by atoms with Crippen LogP contribution in [0.2, 0.25) is 0 Å². The van der Waals surface area contributed by atoms with Crippen LogP contribution in [0.4, 0.5) is 0 Å². The number of rotatable bonds is 3.